The molecule has 0 aliphatic rings. The zero-order valence-electron chi connectivity index (χ0n) is 22.0. The zero-order valence-corrected chi connectivity index (χ0v) is 25.1. The van der Waals surface area contributed by atoms with Crippen LogP contribution in [0.5, 0.6) is 0 Å². The molecule has 0 heterocycles. The number of aryl methyl sites for hydroxylation is 2. The second kappa shape index (κ2) is 13.0. The maximum Gasteiger partial charge on any atom is 0.264 e. The van der Waals surface area contributed by atoms with Gasteiger partial charge in [0, 0.05) is 33.7 Å². The Bertz CT molecular complexity index is 1440. The lowest BCUT2D eigenvalue weighted by molar-refractivity contribution is -0.139. The molecular weight excluding hydrogens is 581 g/mol. The first kappa shape index (κ1) is 30.8. The van der Waals surface area contributed by atoms with Gasteiger partial charge in [0.15, 0.2) is 0 Å². The molecular formula is C28H30Cl3N3O4S. The van der Waals surface area contributed by atoms with Crippen LogP contribution in [0.1, 0.15) is 30.5 Å². The Morgan fingerprint density at radius 1 is 0.949 bits per heavy atom. The van der Waals surface area contributed by atoms with Crippen LogP contribution in [0.25, 0.3) is 0 Å². The Balaban J connectivity index is 2.10. The minimum Gasteiger partial charge on any atom is -0.355 e. The standard InChI is InChI=1S/C28H30Cl3N3O4S/c1-5-32-28(36)20(4)33(16-23-24(30)7-6-8-25(23)31)27(35)17-34(26-14-11-21(29)15-19(26)3)39(37,38)22-12-9-18(2)10-13-22/h6-15,20H,5,16-17H2,1-4H3,(H,32,36). The summed E-state index contributed by atoms with van der Waals surface area (Å²) < 4.78 is 28.9. The SMILES string of the molecule is CCNC(=O)C(C)N(Cc1c(Cl)cccc1Cl)C(=O)CN(c1ccc(Cl)cc1C)S(=O)(=O)c1ccc(C)cc1. The van der Waals surface area contributed by atoms with Gasteiger partial charge in [0.1, 0.15) is 12.6 Å². The van der Waals surface area contributed by atoms with E-state index in [4.69, 9.17) is 34.8 Å². The van der Waals surface area contributed by atoms with Crippen LogP contribution in [0.4, 0.5) is 5.69 Å². The highest BCUT2D eigenvalue weighted by atomic mass is 35.5. The van der Waals surface area contributed by atoms with Crippen molar-refractivity contribution >= 4 is 62.3 Å². The molecule has 0 radical (unpaired) electrons. The smallest absolute Gasteiger partial charge is 0.264 e. The molecule has 1 unspecified atom stereocenters. The van der Waals surface area contributed by atoms with Crippen LogP contribution in [0.2, 0.25) is 15.1 Å². The van der Waals surface area contributed by atoms with Crippen LogP contribution in [-0.2, 0) is 26.2 Å². The fraction of sp³-hybridized carbons (Fsp3) is 0.286. The fourth-order valence-corrected chi connectivity index (χ4v) is 6.23. The van der Waals surface area contributed by atoms with Crippen LogP contribution in [-0.4, -0.2) is 44.3 Å². The van der Waals surface area contributed by atoms with Crippen LogP contribution < -0.4 is 9.62 Å². The van der Waals surface area contributed by atoms with Gasteiger partial charge in [-0.05, 0) is 75.7 Å². The number of sulfonamides is 1. The lowest BCUT2D eigenvalue weighted by atomic mass is 10.1. The molecule has 0 fully saturated rings. The number of amides is 2. The van der Waals surface area contributed by atoms with Crippen molar-refractivity contribution in [3.05, 3.63) is 92.4 Å². The molecule has 1 N–H and O–H groups in total. The predicted molar refractivity (Wildman–Crippen MR) is 157 cm³/mol. The topological polar surface area (TPSA) is 86.8 Å². The Kier molecular flexibility index (Phi) is 10.3. The molecule has 0 bridgehead atoms. The Morgan fingerprint density at radius 3 is 2.13 bits per heavy atom. The van der Waals surface area contributed by atoms with E-state index in [9.17, 15) is 18.0 Å². The van der Waals surface area contributed by atoms with E-state index in [0.29, 0.717) is 32.7 Å². The molecule has 11 heteroatoms. The first-order valence-electron chi connectivity index (χ1n) is 12.2. The monoisotopic (exact) mass is 609 g/mol. The maximum atomic E-state index is 13.9. The van der Waals surface area contributed by atoms with E-state index in [1.807, 2.05) is 6.92 Å². The van der Waals surface area contributed by atoms with Gasteiger partial charge in [-0.3, -0.25) is 13.9 Å². The number of rotatable bonds is 10. The van der Waals surface area contributed by atoms with E-state index < -0.39 is 34.4 Å². The van der Waals surface area contributed by atoms with E-state index in [1.54, 1.807) is 69.3 Å². The molecule has 0 aliphatic heterocycles. The molecule has 208 valence electrons. The number of hydrogen-bond donors (Lipinski definition) is 1. The van der Waals surface area contributed by atoms with Gasteiger partial charge in [-0.25, -0.2) is 8.42 Å². The lowest BCUT2D eigenvalue weighted by Crippen LogP contribution is -2.51. The number of nitrogens with one attached hydrogen (secondary N) is 1. The van der Waals surface area contributed by atoms with Crippen molar-refractivity contribution in [3.63, 3.8) is 0 Å². The summed E-state index contributed by atoms with van der Waals surface area (Å²) in [7, 11) is -4.19. The van der Waals surface area contributed by atoms with Crippen molar-refractivity contribution in [2.24, 2.45) is 0 Å². The molecule has 3 aromatic rings. The summed E-state index contributed by atoms with van der Waals surface area (Å²) in [5.41, 5.74) is 2.18. The summed E-state index contributed by atoms with van der Waals surface area (Å²) in [6.45, 7) is 6.57. The molecule has 0 aromatic heterocycles. The molecule has 0 aliphatic carbocycles. The molecule has 0 saturated carbocycles. The first-order valence-corrected chi connectivity index (χ1v) is 14.8. The maximum absolute atomic E-state index is 13.9. The average molecular weight is 611 g/mol. The van der Waals surface area contributed by atoms with Gasteiger partial charge in [-0.15, -0.1) is 0 Å². The molecule has 0 spiro atoms. The summed E-state index contributed by atoms with van der Waals surface area (Å²) >= 11 is 18.9. The molecule has 1 atom stereocenters. The number of carbonyl (C=O) groups excluding carboxylic acids is 2. The Hall–Kier alpha value is -2.78. The highest BCUT2D eigenvalue weighted by Gasteiger charge is 2.33. The average Bonchev–Trinajstić information content (AvgIpc) is 2.87. The van der Waals surface area contributed by atoms with Crippen molar-refractivity contribution in [3.8, 4) is 0 Å². The number of likely N-dealkylation sites (N-methyl/N-ethyl adjacent to an activating group) is 1. The number of benzene rings is 3. The van der Waals surface area contributed by atoms with Crippen LogP contribution >= 0.6 is 34.8 Å². The lowest BCUT2D eigenvalue weighted by Gasteiger charge is -2.32. The second-order valence-electron chi connectivity index (χ2n) is 9.05. The second-order valence-corrected chi connectivity index (χ2v) is 12.2. The third-order valence-corrected chi connectivity index (χ3v) is 8.94. The van der Waals surface area contributed by atoms with Gasteiger partial charge in [0.2, 0.25) is 11.8 Å². The quantitative estimate of drug-likeness (QED) is 0.305. The minimum absolute atomic E-state index is 0.0210. The largest absolute Gasteiger partial charge is 0.355 e. The summed E-state index contributed by atoms with van der Waals surface area (Å²) in [5, 5.41) is 3.78. The van der Waals surface area contributed by atoms with Crippen LogP contribution in [0, 0.1) is 13.8 Å². The molecule has 0 saturated heterocycles. The van der Waals surface area contributed by atoms with E-state index >= 15 is 0 Å². The number of anilines is 1. The summed E-state index contributed by atoms with van der Waals surface area (Å²) in [5.74, 6) is -1.01. The summed E-state index contributed by atoms with van der Waals surface area (Å²) in [6.07, 6.45) is 0. The number of carbonyl (C=O) groups is 2. The van der Waals surface area contributed by atoms with Crippen molar-refractivity contribution in [2.45, 2.75) is 45.2 Å². The van der Waals surface area contributed by atoms with Gasteiger partial charge in [0.05, 0.1) is 10.6 Å². The van der Waals surface area contributed by atoms with E-state index in [2.05, 4.69) is 5.32 Å². The van der Waals surface area contributed by atoms with E-state index in [-0.39, 0.29) is 17.1 Å². The highest BCUT2D eigenvalue weighted by Crippen LogP contribution is 2.31. The van der Waals surface area contributed by atoms with Crippen molar-refractivity contribution < 1.29 is 18.0 Å². The first-order chi connectivity index (χ1) is 18.4. The van der Waals surface area contributed by atoms with Gasteiger partial charge in [-0.1, -0.05) is 58.6 Å². The van der Waals surface area contributed by atoms with Gasteiger partial charge in [0.25, 0.3) is 10.0 Å². The fourth-order valence-electron chi connectivity index (χ4n) is 4.01. The molecule has 39 heavy (non-hydrogen) atoms. The van der Waals surface area contributed by atoms with E-state index in [1.165, 1.54) is 17.0 Å². The van der Waals surface area contributed by atoms with Gasteiger partial charge >= 0.3 is 0 Å². The zero-order chi connectivity index (χ0) is 28.9. The third-order valence-electron chi connectivity index (χ3n) is 6.22. The van der Waals surface area contributed by atoms with E-state index in [0.717, 1.165) is 9.87 Å². The number of halogens is 3. The molecule has 2 amide bonds. The minimum atomic E-state index is -4.19. The van der Waals surface area contributed by atoms with Gasteiger partial charge < -0.3 is 10.2 Å². The summed E-state index contributed by atoms with van der Waals surface area (Å²) in [4.78, 5) is 28.1. The molecule has 7 nitrogen and oxygen atoms in total. The van der Waals surface area contributed by atoms with Crippen LogP contribution in [0.3, 0.4) is 0 Å². The van der Waals surface area contributed by atoms with Crippen molar-refractivity contribution in [1.29, 1.82) is 0 Å². The Labute approximate surface area is 244 Å². The molecule has 3 rings (SSSR count). The number of nitrogens with zero attached hydrogens (tertiary/aromatic N) is 2. The highest BCUT2D eigenvalue weighted by molar-refractivity contribution is 7.92. The Morgan fingerprint density at radius 2 is 1.56 bits per heavy atom. The summed E-state index contributed by atoms with van der Waals surface area (Å²) in [6, 6.07) is 15.1. The van der Waals surface area contributed by atoms with Crippen molar-refractivity contribution in [1.82, 2.24) is 10.2 Å². The predicted octanol–water partition coefficient (Wildman–Crippen LogP) is 6.01. The van der Waals surface area contributed by atoms with Gasteiger partial charge in [-0.2, -0.15) is 0 Å². The van der Waals surface area contributed by atoms with Crippen LogP contribution in [0.15, 0.2) is 65.6 Å². The normalized spacial score (nSPS) is 12.1. The molecule has 3 aromatic carbocycles. The van der Waals surface area contributed by atoms with Crippen molar-refractivity contribution in [2.75, 3.05) is 17.4 Å². The third kappa shape index (κ3) is 7.25. The number of hydrogen-bond acceptors (Lipinski definition) is 4.